The molecule has 0 spiro atoms. The third kappa shape index (κ3) is 3.47. The van der Waals surface area contributed by atoms with Crippen LogP contribution in [-0.2, 0) is 4.79 Å². The molecule has 1 saturated heterocycles. The van der Waals surface area contributed by atoms with Gasteiger partial charge in [-0.1, -0.05) is 6.07 Å². The van der Waals surface area contributed by atoms with Gasteiger partial charge in [-0.25, -0.2) is 0 Å². The normalized spacial score (nSPS) is 20.4. The van der Waals surface area contributed by atoms with Crippen LogP contribution in [0.1, 0.15) is 17.7 Å². The number of rotatable bonds is 4. The maximum absolute atomic E-state index is 11.5. The van der Waals surface area contributed by atoms with Crippen LogP contribution in [0.2, 0.25) is 0 Å². The minimum Gasteiger partial charge on any atom is -0.351 e. The Morgan fingerprint density at radius 3 is 3.31 bits per heavy atom. The van der Waals surface area contributed by atoms with E-state index in [9.17, 15) is 4.79 Å². The van der Waals surface area contributed by atoms with Gasteiger partial charge in [0.15, 0.2) is 0 Å². The lowest BCUT2D eigenvalue weighted by Gasteiger charge is -2.09. The van der Waals surface area contributed by atoms with E-state index < -0.39 is 0 Å². The van der Waals surface area contributed by atoms with Gasteiger partial charge >= 0.3 is 0 Å². The first-order valence-corrected chi connectivity index (χ1v) is 6.45. The van der Waals surface area contributed by atoms with Crippen molar-refractivity contribution in [3.05, 3.63) is 28.5 Å². The van der Waals surface area contributed by atoms with E-state index in [1.807, 2.05) is 23.6 Å². The Kier molecular flexibility index (Phi) is 4.13. The Bertz CT molecular complexity index is 353. The van der Waals surface area contributed by atoms with E-state index in [0.29, 0.717) is 6.04 Å². The molecule has 2 heterocycles. The standard InChI is InChI=1S/C12H16N2OS/c15-12(6-5-11-4-2-8-16-11)14-9-10-3-1-7-13-10/h2,4-6,8,10,13H,1,3,7,9H2,(H,14,15). The van der Waals surface area contributed by atoms with E-state index in [4.69, 9.17) is 0 Å². The molecule has 4 heteroatoms. The first kappa shape index (κ1) is 11.4. The van der Waals surface area contributed by atoms with Gasteiger partial charge in [-0.2, -0.15) is 0 Å². The topological polar surface area (TPSA) is 41.1 Å². The van der Waals surface area contributed by atoms with Crippen LogP contribution in [0.15, 0.2) is 23.6 Å². The fraction of sp³-hybridized carbons (Fsp3) is 0.417. The highest BCUT2D eigenvalue weighted by Crippen LogP contribution is 2.09. The third-order valence-corrected chi connectivity index (χ3v) is 3.46. The zero-order valence-electron chi connectivity index (χ0n) is 9.11. The van der Waals surface area contributed by atoms with Gasteiger partial charge in [0.05, 0.1) is 0 Å². The summed E-state index contributed by atoms with van der Waals surface area (Å²) < 4.78 is 0. The fourth-order valence-corrected chi connectivity index (χ4v) is 2.38. The maximum Gasteiger partial charge on any atom is 0.244 e. The summed E-state index contributed by atoms with van der Waals surface area (Å²) in [6.07, 6.45) is 5.82. The summed E-state index contributed by atoms with van der Waals surface area (Å²) in [6.45, 7) is 1.80. The number of nitrogens with one attached hydrogen (secondary N) is 2. The largest absolute Gasteiger partial charge is 0.351 e. The lowest BCUT2D eigenvalue weighted by atomic mass is 10.2. The molecule has 2 rings (SSSR count). The lowest BCUT2D eigenvalue weighted by Crippen LogP contribution is -2.36. The van der Waals surface area contributed by atoms with Crippen molar-refractivity contribution in [2.75, 3.05) is 13.1 Å². The first-order valence-electron chi connectivity index (χ1n) is 5.57. The molecule has 86 valence electrons. The molecule has 1 amide bonds. The highest BCUT2D eigenvalue weighted by Gasteiger charge is 2.13. The number of hydrogen-bond acceptors (Lipinski definition) is 3. The van der Waals surface area contributed by atoms with E-state index in [-0.39, 0.29) is 5.91 Å². The summed E-state index contributed by atoms with van der Waals surface area (Å²) in [5.41, 5.74) is 0. The SMILES string of the molecule is O=C(C=Cc1cccs1)NCC1CCCN1. The predicted molar refractivity (Wildman–Crippen MR) is 67.4 cm³/mol. The second-order valence-electron chi connectivity index (χ2n) is 3.89. The van der Waals surface area contributed by atoms with Crippen molar-refractivity contribution in [1.82, 2.24) is 10.6 Å². The fourth-order valence-electron chi connectivity index (χ4n) is 1.76. The highest BCUT2D eigenvalue weighted by atomic mass is 32.1. The van der Waals surface area contributed by atoms with Crippen LogP contribution in [0.4, 0.5) is 0 Å². The van der Waals surface area contributed by atoms with Crippen LogP contribution in [0.3, 0.4) is 0 Å². The molecule has 0 aliphatic carbocycles. The van der Waals surface area contributed by atoms with Crippen LogP contribution in [0.5, 0.6) is 0 Å². The molecular formula is C12H16N2OS. The minimum absolute atomic E-state index is 0.0119. The molecule has 2 N–H and O–H groups in total. The summed E-state index contributed by atoms with van der Waals surface area (Å²) in [5, 5.41) is 8.25. The Balaban J connectivity index is 1.71. The van der Waals surface area contributed by atoms with Crippen molar-refractivity contribution in [3.8, 4) is 0 Å². The zero-order valence-corrected chi connectivity index (χ0v) is 9.93. The number of carbonyl (C=O) groups is 1. The maximum atomic E-state index is 11.5. The molecule has 1 aliphatic heterocycles. The predicted octanol–water partition coefficient (Wildman–Crippen LogP) is 1.63. The molecule has 0 aromatic carbocycles. The molecule has 0 radical (unpaired) electrons. The van der Waals surface area contributed by atoms with Crippen molar-refractivity contribution in [2.45, 2.75) is 18.9 Å². The molecule has 1 aromatic rings. The Morgan fingerprint density at radius 2 is 2.62 bits per heavy atom. The van der Waals surface area contributed by atoms with E-state index in [1.54, 1.807) is 17.4 Å². The number of amides is 1. The summed E-state index contributed by atoms with van der Waals surface area (Å²) in [7, 11) is 0. The molecule has 1 aliphatic rings. The average molecular weight is 236 g/mol. The van der Waals surface area contributed by atoms with Crippen LogP contribution in [-0.4, -0.2) is 25.0 Å². The minimum atomic E-state index is -0.0119. The molecule has 0 saturated carbocycles. The summed E-state index contributed by atoms with van der Waals surface area (Å²) in [4.78, 5) is 12.6. The number of hydrogen-bond donors (Lipinski definition) is 2. The molecule has 1 fully saturated rings. The van der Waals surface area contributed by atoms with Gasteiger partial charge in [-0.3, -0.25) is 4.79 Å². The van der Waals surface area contributed by atoms with Gasteiger partial charge in [0.2, 0.25) is 5.91 Å². The van der Waals surface area contributed by atoms with E-state index in [0.717, 1.165) is 24.4 Å². The van der Waals surface area contributed by atoms with E-state index in [2.05, 4.69) is 10.6 Å². The summed E-state index contributed by atoms with van der Waals surface area (Å²) >= 11 is 1.63. The summed E-state index contributed by atoms with van der Waals surface area (Å²) in [5.74, 6) is -0.0119. The van der Waals surface area contributed by atoms with Gasteiger partial charge < -0.3 is 10.6 Å². The Morgan fingerprint density at radius 1 is 1.69 bits per heavy atom. The number of carbonyl (C=O) groups excluding carboxylic acids is 1. The smallest absolute Gasteiger partial charge is 0.244 e. The molecule has 1 atom stereocenters. The van der Waals surface area contributed by atoms with Gasteiger partial charge in [0.25, 0.3) is 0 Å². The molecule has 0 bridgehead atoms. The third-order valence-electron chi connectivity index (χ3n) is 2.63. The van der Waals surface area contributed by atoms with Crippen LogP contribution < -0.4 is 10.6 Å². The zero-order chi connectivity index (χ0) is 11.2. The molecule has 1 aromatic heterocycles. The molecular weight excluding hydrogens is 220 g/mol. The van der Waals surface area contributed by atoms with Crippen molar-refractivity contribution in [3.63, 3.8) is 0 Å². The Hall–Kier alpha value is -1.13. The van der Waals surface area contributed by atoms with Crippen molar-refractivity contribution < 1.29 is 4.79 Å². The second kappa shape index (κ2) is 5.82. The highest BCUT2D eigenvalue weighted by molar-refractivity contribution is 7.10. The molecule has 16 heavy (non-hydrogen) atoms. The molecule has 3 nitrogen and oxygen atoms in total. The van der Waals surface area contributed by atoms with E-state index >= 15 is 0 Å². The van der Waals surface area contributed by atoms with Crippen molar-refractivity contribution >= 4 is 23.3 Å². The van der Waals surface area contributed by atoms with Crippen LogP contribution in [0.25, 0.3) is 6.08 Å². The van der Waals surface area contributed by atoms with Crippen molar-refractivity contribution in [2.24, 2.45) is 0 Å². The number of thiophene rings is 1. The molecule has 1 unspecified atom stereocenters. The Labute approximate surface area is 99.6 Å². The van der Waals surface area contributed by atoms with Crippen molar-refractivity contribution in [1.29, 1.82) is 0 Å². The van der Waals surface area contributed by atoms with E-state index in [1.165, 1.54) is 6.42 Å². The average Bonchev–Trinajstić information content (AvgIpc) is 2.96. The van der Waals surface area contributed by atoms with Gasteiger partial charge in [-0.05, 0) is 36.9 Å². The second-order valence-corrected chi connectivity index (χ2v) is 4.87. The monoisotopic (exact) mass is 236 g/mol. The van der Waals surface area contributed by atoms with Gasteiger partial charge in [-0.15, -0.1) is 11.3 Å². The van der Waals surface area contributed by atoms with Crippen LogP contribution in [0, 0.1) is 0 Å². The van der Waals surface area contributed by atoms with Crippen LogP contribution >= 0.6 is 11.3 Å². The summed E-state index contributed by atoms with van der Waals surface area (Å²) in [6, 6.07) is 4.43. The lowest BCUT2D eigenvalue weighted by molar-refractivity contribution is -0.116. The first-order chi connectivity index (χ1) is 7.84. The quantitative estimate of drug-likeness (QED) is 0.780. The van der Waals surface area contributed by atoms with Gasteiger partial charge in [0, 0.05) is 23.5 Å². The van der Waals surface area contributed by atoms with Gasteiger partial charge in [0.1, 0.15) is 0 Å².